The molecule has 5 nitrogen and oxygen atoms in total. The van der Waals surface area contributed by atoms with Gasteiger partial charge in [0.2, 0.25) is 0 Å². The van der Waals surface area contributed by atoms with E-state index < -0.39 is 11.7 Å². The van der Waals surface area contributed by atoms with E-state index in [4.69, 9.17) is 16.3 Å². The summed E-state index contributed by atoms with van der Waals surface area (Å²) < 4.78 is 43.5. The molecule has 1 atom stereocenters. The van der Waals surface area contributed by atoms with Crippen LogP contribution in [0.3, 0.4) is 0 Å². The number of halogens is 4. The van der Waals surface area contributed by atoms with Crippen molar-refractivity contribution in [2.75, 3.05) is 13.1 Å². The lowest BCUT2D eigenvalue weighted by Gasteiger charge is -2.32. The first-order valence-corrected chi connectivity index (χ1v) is 8.31. The van der Waals surface area contributed by atoms with Crippen LogP contribution in [0.1, 0.15) is 28.8 Å². The zero-order valence-corrected chi connectivity index (χ0v) is 14.3. The summed E-state index contributed by atoms with van der Waals surface area (Å²) in [6.07, 6.45) is -0.448. The van der Waals surface area contributed by atoms with Gasteiger partial charge in [-0.2, -0.15) is 13.2 Å². The van der Waals surface area contributed by atoms with E-state index in [2.05, 4.69) is 9.97 Å². The lowest BCUT2D eigenvalue weighted by Crippen LogP contribution is -2.44. The first-order chi connectivity index (χ1) is 12.3. The zero-order valence-electron chi connectivity index (χ0n) is 13.5. The Morgan fingerprint density at radius 1 is 1.19 bits per heavy atom. The molecule has 0 radical (unpaired) electrons. The first kappa shape index (κ1) is 18.4. The Labute approximate surface area is 152 Å². The second-order valence-electron chi connectivity index (χ2n) is 5.89. The van der Waals surface area contributed by atoms with Gasteiger partial charge >= 0.3 is 12.2 Å². The van der Waals surface area contributed by atoms with Crippen LogP contribution in [0.5, 0.6) is 6.01 Å². The number of hydrogen-bond acceptors (Lipinski definition) is 4. The number of likely N-dealkylation sites (tertiary alicyclic amines) is 1. The minimum atomic E-state index is -4.43. The fourth-order valence-electron chi connectivity index (χ4n) is 2.71. The van der Waals surface area contributed by atoms with Gasteiger partial charge in [-0.25, -0.2) is 9.97 Å². The number of amides is 1. The number of carbonyl (C=O) groups is 1. The number of aromatic nitrogens is 2. The number of rotatable bonds is 3. The molecule has 0 aliphatic carbocycles. The van der Waals surface area contributed by atoms with Crippen LogP contribution < -0.4 is 4.74 Å². The van der Waals surface area contributed by atoms with Crippen LogP contribution in [-0.4, -0.2) is 40.0 Å². The molecule has 138 valence electrons. The minimum Gasteiger partial charge on any atom is -0.458 e. The molecule has 1 amide bonds. The number of piperidine rings is 1. The molecule has 3 rings (SSSR count). The van der Waals surface area contributed by atoms with Crippen molar-refractivity contribution in [1.29, 1.82) is 0 Å². The van der Waals surface area contributed by atoms with Crippen molar-refractivity contribution in [1.82, 2.24) is 14.9 Å². The molecule has 9 heteroatoms. The summed E-state index contributed by atoms with van der Waals surface area (Å²) in [5.74, 6) is -0.330. The summed E-state index contributed by atoms with van der Waals surface area (Å²) >= 11 is 5.72. The molecule has 2 heterocycles. The number of hydrogen-bond donors (Lipinski definition) is 0. The van der Waals surface area contributed by atoms with Crippen LogP contribution in [0.4, 0.5) is 13.2 Å². The van der Waals surface area contributed by atoms with E-state index in [1.807, 2.05) is 0 Å². The Bertz CT molecular complexity index is 766. The van der Waals surface area contributed by atoms with Crippen molar-refractivity contribution < 1.29 is 22.7 Å². The summed E-state index contributed by atoms with van der Waals surface area (Å²) in [7, 11) is 0. The third-order valence-electron chi connectivity index (χ3n) is 3.99. The van der Waals surface area contributed by atoms with Gasteiger partial charge in [0.25, 0.3) is 5.91 Å². The molecule has 26 heavy (non-hydrogen) atoms. The average Bonchev–Trinajstić information content (AvgIpc) is 2.63. The fourth-order valence-corrected chi connectivity index (χ4v) is 2.81. The molecule has 1 aliphatic heterocycles. The highest BCUT2D eigenvalue weighted by Crippen LogP contribution is 2.29. The largest absolute Gasteiger partial charge is 0.458 e. The minimum absolute atomic E-state index is 0.170. The third kappa shape index (κ3) is 4.43. The topological polar surface area (TPSA) is 55.3 Å². The lowest BCUT2D eigenvalue weighted by molar-refractivity contribution is -0.137. The molecule has 2 aromatic rings. The smallest absolute Gasteiger partial charge is 0.416 e. The molecule has 0 spiro atoms. The Morgan fingerprint density at radius 2 is 1.85 bits per heavy atom. The normalized spacial score (nSPS) is 17.8. The molecule has 1 saturated heterocycles. The monoisotopic (exact) mass is 385 g/mol. The maximum atomic E-state index is 12.6. The Hall–Kier alpha value is -2.35. The summed E-state index contributed by atoms with van der Waals surface area (Å²) in [5, 5.41) is 0.389. The second-order valence-corrected chi connectivity index (χ2v) is 6.33. The van der Waals surface area contributed by atoms with Gasteiger partial charge in [0.05, 0.1) is 29.5 Å². The molecule has 0 N–H and O–H groups in total. The van der Waals surface area contributed by atoms with Crippen LogP contribution in [0.15, 0.2) is 36.7 Å². The van der Waals surface area contributed by atoms with Crippen molar-refractivity contribution in [3.63, 3.8) is 0 Å². The summed E-state index contributed by atoms with van der Waals surface area (Å²) in [6.45, 7) is 0.826. The van der Waals surface area contributed by atoms with Crippen molar-refractivity contribution in [2.24, 2.45) is 0 Å². The van der Waals surface area contributed by atoms with Gasteiger partial charge in [-0.3, -0.25) is 4.79 Å². The highest BCUT2D eigenvalue weighted by atomic mass is 35.5. The molecule has 0 saturated carbocycles. The molecule has 1 aromatic heterocycles. The predicted octanol–water partition coefficient (Wildman–Crippen LogP) is 3.83. The van der Waals surface area contributed by atoms with Gasteiger partial charge < -0.3 is 9.64 Å². The lowest BCUT2D eigenvalue weighted by atomic mass is 10.1. The molecular weight excluding hydrogens is 371 g/mol. The highest BCUT2D eigenvalue weighted by Gasteiger charge is 2.31. The van der Waals surface area contributed by atoms with Crippen LogP contribution in [0.2, 0.25) is 5.02 Å². The second kappa shape index (κ2) is 7.49. The summed E-state index contributed by atoms with van der Waals surface area (Å²) in [5.41, 5.74) is -0.574. The highest BCUT2D eigenvalue weighted by molar-refractivity contribution is 6.30. The van der Waals surface area contributed by atoms with Crippen molar-refractivity contribution in [2.45, 2.75) is 25.1 Å². The molecule has 0 bridgehead atoms. The van der Waals surface area contributed by atoms with Crippen molar-refractivity contribution >= 4 is 17.5 Å². The van der Waals surface area contributed by atoms with Crippen molar-refractivity contribution in [3.05, 3.63) is 52.8 Å². The van der Waals surface area contributed by atoms with E-state index in [9.17, 15) is 18.0 Å². The standard InChI is InChI=1S/C17H15ClF3N3O2/c18-13-8-22-16(23-9-13)26-14-2-1-7-24(10-14)15(25)11-3-5-12(6-4-11)17(19,20)21/h3-6,8-9,14H,1-2,7,10H2. The van der Waals surface area contributed by atoms with E-state index in [0.717, 1.165) is 18.6 Å². The summed E-state index contributed by atoms with van der Waals surface area (Å²) in [6, 6.07) is 4.37. The van der Waals surface area contributed by atoms with Crippen molar-refractivity contribution in [3.8, 4) is 6.01 Å². The average molecular weight is 386 g/mol. The molecule has 1 aromatic carbocycles. The van der Waals surface area contributed by atoms with E-state index in [1.54, 1.807) is 4.90 Å². The maximum absolute atomic E-state index is 12.6. The Morgan fingerprint density at radius 3 is 2.46 bits per heavy atom. The SMILES string of the molecule is O=C(c1ccc(C(F)(F)F)cc1)N1CCCC(Oc2ncc(Cl)cn2)C1. The van der Waals surface area contributed by atoms with Gasteiger partial charge in [-0.05, 0) is 37.1 Å². The van der Waals surface area contributed by atoms with Gasteiger partial charge in [0, 0.05) is 12.1 Å². The zero-order chi connectivity index (χ0) is 18.7. The molecule has 1 fully saturated rings. The van der Waals surface area contributed by atoms with Gasteiger partial charge in [0.1, 0.15) is 6.10 Å². The molecule has 1 aliphatic rings. The van der Waals surface area contributed by atoms with Gasteiger partial charge in [-0.1, -0.05) is 11.6 Å². The Kier molecular flexibility index (Phi) is 5.31. The number of carbonyl (C=O) groups excluding carboxylic acids is 1. The van der Waals surface area contributed by atoms with E-state index >= 15 is 0 Å². The number of alkyl halides is 3. The van der Waals surface area contributed by atoms with Crippen LogP contribution in [-0.2, 0) is 6.18 Å². The molecular formula is C17H15ClF3N3O2. The van der Waals surface area contributed by atoms with E-state index in [0.29, 0.717) is 24.5 Å². The number of benzene rings is 1. The quantitative estimate of drug-likeness (QED) is 0.805. The van der Waals surface area contributed by atoms with E-state index in [-0.39, 0.29) is 23.6 Å². The van der Waals surface area contributed by atoms with E-state index in [1.165, 1.54) is 24.5 Å². The molecule has 1 unspecified atom stereocenters. The van der Waals surface area contributed by atoms with Crippen LogP contribution in [0, 0.1) is 0 Å². The number of ether oxygens (including phenoxy) is 1. The van der Waals surface area contributed by atoms with Gasteiger partial charge in [0.15, 0.2) is 0 Å². The Balaban J connectivity index is 1.65. The van der Waals surface area contributed by atoms with Crippen LogP contribution >= 0.6 is 11.6 Å². The summed E-state index contributed by atoms with van der Waals surface area (Å²) in [4.78, 5) is 22.0. The fraction of sp³-hybridized carbons (Fsp3) is 0.353. The third-order valence-corrected chi connectivity index (χ3v) is 4.19. The van der Waals surface area contributed by atoms with Gasteiger partial charge in [-0.15, -0.1) is 0 Å². The predicted molar refractivity (Wildman–Crippen MR) is 88.0 cm³/mol. The maximum Gasteiger partial charge on any atom is 0.416 e. The van der Waals surface area contributed by atoms with Crippen LogP contribution in [0.25, 0.3) is 0 Å². The number of nitrogens with zero attached hydrogens (tertiary/aromatic N) is 3. The first-order valence-electron chi connectivity index (χ1n) is 7.93.